The molecular formula is C17H23NO2. The predicted octanol–water partition coefficient (Wildman–Crippen LogP) is 3.94. The number of hydrogen-bond acceptors (Lipinski definition) is 2. The molecule has 1 aromatic carbocycles. The van der Waals surface area contributed by atoms with E-state index in [0.717, 1.165) is 25.8 Å². The Labute approximate surface area is 120 Å². The molecule has 0 radical (unpaired) electrons. The van der Waals surface area contributed by atoms with Crippen LogP contribution < -0.4 is 0 Å². The van der Waals surface area contributed by atoms with E-state index in [0.29, 0.717) is 5.92 Å². The number of likely N-dealkylation sites (tertiary alicyclic amines) is 1. The first-order chi connectivity index (χ1) is 9.40. The van der Waals surface area contributed by atoms with E-state index in [1.54, 1.807) is 0 Å². The van der Waals surface area contributed by atoms with Gasteiger partial charge in [0, 0.05) is 18.0 Å². The summed E-state index contributed by atoms with van der Waals surface area (Å²) in [5.74, 6) is 0.450. The van der Waals surface area contributed by atoms with E-state index in [9.17, 15) is 4.79 Å². The van der Waals surface area contributed by atoms with Crippen LogP contribution >= 0.6 is 0 Å². The van der Waals surface area contributed by atoms with E-state index >= 15 is 0 Å². The maximum Gasteiger partial charge on any atom is 0.410 e. The number of rotatable bonds is 1. The number of ether oxygens (including phenoxy) is 1. The quantitative estimate of drug-likeness (QED) is 0.775. The van der Waals surface area contributed by atoms with Gasteiger partial charge in [0.2, 0.25) is 0 Å². The zero-order chi connectivity index (χ0) is 14.4. The summed E-state index contributed by atoms with van der Waals surface area (Å²) >= 11 is 0. The molecule has 1 amide bonds. The number of nitrogens with zero attached hydrogens (tertiary/aromatic N) is 1. The Morgan fingerprint density at radius 3 is 2.45 bits per heavy atom. The van der Waals surface area contributed by atoms with E-state index in [-0.39, 0.29) is 11.6 Å². The number of amides is 1. The molecule has 3 nitrogen and oxygen atoms in total. The SMILES string of the molecule is CC(C)(C)OC(=O)N1C[C@H](c2ccccc2)CC12CC2. The smallest absolute Gasteiger partial charge is 0.410 e. The lowest BCUT2D eigenvalue weighted by Gasteiger charge is -2.28. The second kappa shape index (κ2) is 4.51. The fraction of sp³-hybridized carbons (Fsp3) is 0.588. The van der Waals surface area contributed by atoms with Gasteiger partial charge in [0.15, 0.2) is 0 Å². The summed E-state index contributed by atoms with van der Waals surface area (Å²) in [7, 11) is 0. The summed E-state index contributed by atoms with van der Waals surface area (Å²) in [6.07, 6.45) is 3.18. The van der Waals surface area contributed by atoms with Crippen molar-refractivity contribution < 1.29 is 9.53 Å². The van der Waals surface area contributed by atoms with Gasteiger partial charge in [0.05, 0.1) is 0 Å². The van der Waals surface area contributed by atoms with Gasteiger partial charge in [0.1, 0.15) is 5.60 Å². The largest absolute Gasteiger partial charge is 0.444 e. The summed E-state index contributed by atoms with van der Waals surface area (Å²) < 4.78 is 5.57. The lowest BCUT2D eigenvalue weighted by molar-refractivity contribution is 0.0202. The Morgan fingerprint density at radius 2 is 1.90 bits per heavy atom. The topological polar surface area (TPSA) is 29.5 Å². The van der Waals surface area contributed by atoms with Crippen LogP contribution in [0.15, 0.2) is 30.3 Å². The molecule has 0 unspecified atom stereocenters. The molecule has 1 heterocycles. The van der Waals surface area contributed by atoms with Crippen molar-refractivity contribution in [3.63, 3.8) is 0 Å². The van der Waals surface area contributed by atoms with Gasteiger partial charge < -0.3 is 9.64 Å². The van der Waals surface area contributed by atoms with Crippen LogP contribution in [0.1, 0.15) is 51.5 Å². The van der Waals surface area contributed by atoms with Crippen molar-refractivity contribution in [3.8, 4) is 0 Å². The molecule has 1 saturated carbocycles. The van der Waals surface area contributed by atoms with Crippen molar-refractivity contribution in [3.05, 3.63) is 35.9 Å². The molecule has 20 heavy (non-hydrogen) atoms. The van der Waals surface area contributed by atoms with Crippen LogP contribution in [0.5, 0.6) is 0 Å². The van der Waals surface area contributed by atoms with Crippen molar-refractivity contribution in [1.29, 1.82) is 0 Å². The molecule has 1 atom stereocenters. The molecule has 1 spiro atoms. The first-order valence-corrected chi connectivity index (χ1v) is 7.45. The van der Waals surface area contributed by atoms with Crippen molar-refractivity contribution in [2.45, 2.75) is 57.1 Å². The fourth-order valence-electron chi connectivity index (χ4n) is 3.20. The minimum absolute atomic E-state index is 0.0862. The third-order valence-corrected chi connectivity index (χ3v) is 4.31. The van der Waals surface area contributed by atoms with Crippen LogP contribution in [0.2, 0.25) is 0 Å². The second-order valence-electron chi connectivity index (χ2n) is 7.13. The van der Waals surface area contributed by atoms with Crippen molar-refractivity contribution in [1.82, 2.24) is 4.90 Å². The van der Waals surface area contributed by atoms with Crippen LogP contribution in [0.3, 0.4) is 0 Å². The van der Waals surface area contributed by atoms with Crippen molar-refractivity contribution >= 4 is 6.09 Å². The van der Waals surface area contributed by atoms with Crippen molar-refractivity contribution in [2.24, 2.45) is 0 Å². The van der Waals surface area contributed by atoms with Gasteiger partial charge in [-0.3, -0.25) is 0 Å². The maximum absolute atomic E-state index is 12.4. The summed E-state index contributed by atoms with van der Waals surface area (Å²) in [6, 6.07) is 10.5. The molecule has 0 aromatic heterocycles. The average Bonchev–Trinajstić information content (AvgIpc) is 3.01. The summed E-state index contributed by atoms with van der Waals surface area (Å²) in [4.78, 5) is 14.4. The molecule has 2 fully saturated rings. The molecule has 0 bridgehead atoms. The second-order valence-corrected chi connectivity index (χ2v) is 7.13. The maximum atomic E-state index is 12.4. The fourth-order valence-corrected chi connectivity index (χ4v) is 3.20. The molecule has 1 aromatic rings. The third-order valence-electron chi connectivity index (χ3n) is 4.31. The summed E-state index contributed by atoms with van der Waals surface area (Å²) in [5, 5.41) is 0. The molecular weight excluding hydrogens is 250 g/mol. The standard InChI is InChI=1S/C17H23NO2/c1-16(2,3)20-15(19)18-12-14(11-17(18)9-10-17)13-7-5-4-6-8-13/h4-8,14H,9-12H2,1-3H3/t14-/m1/s1. The normalized spacial score (nSPS) is 23.9. The Morgan fingerprint density at radius 1 is 1.25 bits per heavy atom. The molecule has 1 saturated heterocycles. The molecule has 3 rings (SSSR count). The number of hydrogen-bond donors (Lipinski definition) is 0. The van der Waals surface area contributed by atoms with Gasteiger partial charge in [-0.25, -0.2) is 4.79 Å². The number of carbonyl (C=O) groups excluding carboxylic acids is 1. The zero-order valence-corrected chi connectivity index (χ0v) is 12.6. The van der Waals surface area contributed by atoms with Gasteiger partial charge in [-0.1, -0.05) is 30.3 Å². The van der Waals surface area contributed by atoms with E-state index in [4.69, 9.17) is 4.74 Å². The highest BCUT2D eigenvalue weighted by Gasteiger charge is 2.57. The van der Waals surface area contributed by atoms with E-state index in [1.165, 1.54) is 5.56 Å². The summed E-state index contributed by atoms with van der Waals surface area (Å²) in [5.41, 5.74) is 1.01. The van der Waals surface area contributed by atoms with E-state index in [2.05, 4.69) is 24.3 Å². The molecule has 3 heteroatoms. The number of carbonyl (C=O) groups is 1. The molecule has 0 N–H and O–H groups in total. The van der Waals surface area contributed by atoms with Crippen LogP contribution in [0.4, 0.5) is 4.79 Å². The Bertz CT molecular complexity index is 499. The van der Waals surface area contributed by atoms with E-state index < -0.39 is 5.60 Å². The molecule has 1 aliphatic carbocycles. The Kier molecular flexibility index (Phi) is 3.03. The summed E-state index contributed by atoms with van der Waals surface area (Å²) in [6.45, 7) is 6.57. The zero-order valence-electron chi connectivity index (χ0n) is 12.6. The van der Waals surface area contributed by atoms with Crippen LogP contribution in [0.25, 0.3) is 0 Å². The molecule has 2 aliphatic rings. The predicted molar refractivity (Wildman–Crippen MR) is 78.7 cm³/mol. The minimum Gasteiger partial charge on any atom is -0.444 e. The highest BCUT2D eigenvalue weighted by Crippen LogP contribution is 2.54. The highest BCUT2D eigenvalue weighted by atomic mass is 16.6. The van der Waals surface area contributed by atoms with Gasteiger partial charge in [-0.2, -0.15) is 0 Å². The van der Waals surface area contributed by atoms with Gasteiger partial charge in [-0.15, -0.1) is 0 Å². The molecule has 1 aliphatic heterocycles. The van der Waals surface area contributed by atoms with Crippen LogP contribution in [0, 0.1) is 0 Å². The third kappa shape index (κ3) is 2.54. The monoisotopic (exact) mass is 273 g/mol. The van der Waals surface area contributed by atoms with Crippen molar-refractivity contribution in [2.75, 3.05) is 6.54 Å². The van der Waals surface area contributed by atoms with Crippen LogP contribution in [-0.4, -0.2) is 28.7 Å². The Balaban J connectivity index is 1.75. The van der Waals surface area contributed by atoms with Gasteiger partial charge in [0.25, 0.3) is 0 Å². The molecule has 108 valence electrons. The van der Waals surface area contributed by atoms with Gasteiger partial charge in [-0.05, 0) is 45.6 Å². The average molecular weight is 273 g/mol. The van der Waals surface area contributed by atoms with E-state index in [1.807, 2.05) is 31.7 Å². The minimum atomic E-state index is -0.419. The number of benzene rings is 1. The Hall–Kier alpha value is -1.51. The lowest BCUT2D eigenvalue weighted by Crippen LogP contribution is -2.41. The van der Waals surface area contributed by atoms with Crippen LogP contribution in [-0.2, 0) is 4.74 Å². The highest BCUT2D eigenvalue weighted by molar-refractivity contribution is 5.70. The lowest BCUT2D eigenvalue weighted by atomic mass is 9.96. The first-order valence-electron chi connectivity index (χ1n) is 7.45. The van der Waals surface area contributed by atoms with Gasteiger partial charge >= 0.3 is 6.09 Å². The first kappa shape index (κ1) is 13.5.